The summed E-state index contributed by atoms with van der Waals surface area (Å²) in [6.45, 7) is -14.2. The number of hydrogen-bond acceptors (Lipinski definition) is 12. The molecule has 0 spiro atoms. The predicted octanol–water partition coefficient (Wildman–Crippen LogP) is 10.2. The summed E-state index contributed by atoms with van der Waals surface area (Å²) in [5.41, 5.74) is 0. The molecule has 0 saturated carbocycles. The highest BCUT2D eigenvalue weighted by atomic mass is 28.3. The Labute approximate surface area is 554 Å². The lowest BCUT2D eigenvalue weighted by Gasteiger charge is -2.37. The van der Waals surface area contributed by atoms with Crippen molar-refractivity contribution in [2.75, 3.05) is 39.3 Å². The van der Waals surface area contributed by atoms with Gasteiger partial charge in [0.15, 0.2) is 0 Å². The van der Waals surface area contributed by atoms with Gasteiger partial charge in [-0.2, -0.15) is 158 Å². The van der Waals surface area contributed by atoms with E-state index in [-0.39, 0.29) is 24.3 Å². The third-order valence-electron chi connectivity index (χ3n) is 14.2. The van der Waals surface area contributed by atoms with Gasteiger partial charge in [0.05, 0.1) is 16.1 Å². The topological polar surface area (TPSA) is 224 Å². The lowest BCUT2D eigenvalue weighted by atomic mass is 10.3. The van der Waals surface area contributed by atoms with E-state index >= 15 is 0 Å². The van der Waals surface area contributed by atoms with E-state index in [1.54, 1.807) is 0 Å². The van der Waals surface area contributed by atoms with E-state index in [0.717, 1.165) is 0 Å². The molecule has 0 heterocycles. The van der Waals surface area contributed by atoms with Gasteiger partial charge in [-0.3, -0.25) is 86.9 Å². The Balaban J connectivity index is 5.21. The number of hydrogen-bond donors (Lipinski definition) is 0. The van der Waals surface area contributed by atoms with Crippen LogP contribution in [0.4, 0.5) is 158 Å². The molecule has 0 unspecified atom stereocenters. The number of halogens is 36. The lowest BCUT2D eigenvalue weighted by molar-refractivity contribution is -0.204. The van der Waals surface area contributed by atoms with Crippen molar-refractivity contribution >= 4 is 97.4 Å². The minimum Gasteiger partial charge on any atom is -0.267 e. The summed E-state index contributed by atoms with van der Waals surface area (Å²) >= 11 is 0. The van der Waals surface area contributed by atoms with E-state index in [0.29, 0.717) is 0 Å². The standard InChI is InChI=1S/C48H40F36N6O12Si2/c49-37(50,51)25(91)85(26(92)38(52,53)54)11-1-17-103(18-2-12-86(27(93)39(55,56)57)28(94)40(58,59)60,19-3-13-87(29(95)41(61,62)63)30(96)42(64,65)66)23-7-9-24(10-8-23)104(20-4-14-88(31(97)43(67,68)69)32(98)44(70,71)72,21-5-15-89(33(99)45(73,74)75)34(100)46(76,77)78)22-6-16-90(35(101)47(79,80)81)36(102)48(82,83)84/h7-10H,1-6,11-22H2. The van der Waals surface area contributed by atoms with E-state index in [2.05, 4.69) is 0 Å². The maximum Gasteiger partial charge on any atom is 0.471 e. The largest absolute Gasteiger partial charge is 0.471 e. The number of rotatable bonds is 26. The zero-order valence-electron chi connectivity index (χ0n) is 50.2. The van der Waals surface area contributed by atoms with Crippen LogP contribution >= 0.6 is 0 Å². The van der Waals surface area contributed by atoms with Gasteiger partial charge < -0.3 is 0 Å². The molecule has 0 aromatic heterocycles. The fourth-order valence-corrected chi connectivity index (χ4v) is 19.8. The fraction of sp³-hybridized carbons (Fsp3) is 0.625. The molecule has 56 heteroatoms. The van der Waals surface area contributed by atoms with Crippen molar-refractivity contribution in [1.82, 2.24) is 29.4 Å². The summed E-state index contributed by atoms with van der Waals surface area (Å²) in [5, 5.41) is -2.19. The van der Waals surface area contributed by atoms with Crippen molar-refractivity contribution in [2.24, 2.45) is 0 Å². The zero-order valence-corrected chi connectivity index (χ0v) is 52.2. The van der Waals surface area contributed by atoms with Crippen molar-refractivity contribution < 1.29 is 216 Å². The molecular formula is C48H40F36N6O12Si2. The van der Waals surface area contributed by atoms with E-state index in [9.17, 15) is 216 Å². The van der Waals surface area contributed by atoms with E-state index in [4.69, 9.17) is 0 Å². The van der Waals surface area contributed by atoms with Crippen LogP contribution in [-0.2, 0) is 57.5 Å². The highest BCUT2D eigenvalue weighted by Gasteiger charge is 2.59. The Morgan fingerprint density at radius 1 is 0.192 bits per heavy atom. The molecule has 0 fully saturated rings. The molecule has 12 amide bonds. The molecule has 104 heavy (non-hydrogen) atoms. The average molecular weight is 1630 g/mol. The summed E-state index contributed by atoms with van der Waals surface area (Å²) in [4.78, 5) is 137. The minimum absolute atomic E-state index is 0.188. The first-order valence-corrected chi connectivity index (χ1v) is 32.5. The second-order valence-corrected chi connectivity index (χ2v) is 30.6. The Hall–Kier alpha value is -8.03. The molecule has 0 aliphatic carbocycles. The third kappa shape index (κ3) is 26.2. The number of nitrogens with zero attached hydrogens (tertiary/aromatic N) is 6. The van der Waals surface area contributed by atoms with Crippen molar-refractivity contribution in [3.8, 4) is 0 Å². The third-order valence-corrected chi connectivity index (χ3v) is 25.2. The van der Waals surface area contributed by atoms with Crippen LogP contribution in [-0.4, -0.2) is 230 Å². The normalized spacial score (nSPS) is 13.6. The number of carbonyl (C=O) groups is 12. The molecule has 0 N–H and O–H groups in total. The second-order valence-electron chi connectivity index (χ2n) is 21.3. The van der Waals surface area contributed by atoms with Gasteiger partial charge in [-0.25, -0.2) is 0 Å². The van der Waals surface area contributed by atoms with Crippen molar-refractivity contribution in [3.63, 3.8) is 0 Å². The van der Waals surface area contributed by atoms with E-state index in [1.807, 2.05) is 0 Å². The maximum atomic E-state index is 13.7. The summed E-state index contributed by atoms with van der Waals surface area (Å²) in [6.07, 6.45) is -90.0. The van der Waals surface area contributed by atoms with Crippen LogP contribution in [0.25, 0.3) is 0 Å². The molecule has 0 bridgehead atoms. The molecule has 0 atom stereocenters. The second kappa shape index (κ2) is 33.6. The van der Waals surface area contributed by atoms with Crippen LogP contribution in [0.3, 0.4) is 0 Å². The monoisotopic (exact) mass is 1630 g/mol. The lowest BCUT2D eigenvalue weighted by Crippen LogP contribution is -2.55. The van der Waals surface area contributed by atoms with E-state index in [1.165, 1.54) is 0 Å². The van der Waals surface area contributed by atoms with Crippen molar-refractivity contribution in [3.05, 3.63) is 24.3 Å². The molecular weight excluding hydrogens is 1590 g/mol. The molecule has 0 radical (unpaired) electrons. The summed E-state index contributed by atoms with van der Waals surface area (Å²) in [5.74, 6) is -45.6. The van der Waals surface area contributed by atoms with Crippen molar-refractivity contribution in [2.45, 2.75) is 149 Å². The molecule has 1 aromatic carbocycles. The number of carbonyl (C=O) groups excluding carboxylic acids is 12. The molecule has 18 nitrogen and oxygen atoms in total. The van der Waals surface area contributed by atoms with Crippen LogP contribution in [0.2, 0.25) is 36.3 Å². The maximum absolute atomic E-state index is 13.7. The van der Waals surface area contributed by atoms with Crippen LogP contribution in [0.1, 0.15) is 38.5 Å². The Kier molecular flexibility index (Phi) is 30.4. The van der Waals surface area contributed by atoms with Crippen LogP contribution < -0.4 is 10.4 Å². The number of alkyl halides is 36. The average Bonchev–Trinajstić information content (AvgIpc) is 0.798. The van der Waals surface area contributed by atoms with Gasteiger partial charge in [-0.15, -0.1) is 0 Å². The van der Waals surface area contributed by atoms with E-state index < -0.39 is 315 Å². The van der Waals surface area contributed by atoms with Crippen LogP contribution in [0, 0.1) is 0 Å². The smallest absolute Gasteiger partial charge is 0.267 e. The van der Waals surface area contributed by atoms with Gasteiger partial charge in [0.25, 0.3) is 0 Å². The van der Waals surface area contributed by atoms with Gasteiger partial charge in [0, 0.05) is 39.3 Å². The number of benzene rings is 1. The first-order chi connectivity index (χ1) is 46.2. The summed E-state index contributed by atoms with van der Waals surface area (Å²) in [7, 11) is -11.1. The zero-order chi connectivity index (χ0) is 82.1. The van der Waals surface area contributed by atoms with Gasteiger partial charge in [-0.05, 0) is 38.5 Å². The first-order valence-electron chi connectivity index (χ1n) is 27.3. The van der Waals surface area contributed by atoms with Crippen LogP contribution in [0.5, 0.6) is 0 Å². The molecule has 0 aliphatic heterocycles. The highest BCUT2D eigenvalue weighted by Crippen LogP contribution is 2.37. The number of imide groups is 6. The Bertz CT molecular complexity index is 2620. The summed E-state index contributed by atoms with van der Waals surface area (Å²) in [6, 6.07) is -9.30. The molecule has 1 aromatic rings. The molecule has 594 valence electrons. The van der Waals surface area contributed by atoms with Crippen molar-refractivity contribution in [1.29, 1.82) is 0 Å². The highest BCUT2D eigenvalue weighted by molar-refractivity contribution is 6.93. The fourth-order valence-electron chi connectivity index (χ4n) is 9.85. The predicted molar refractivity (Wildman–Crippen MR) is 267 cm³/mol. The van der Waals surface area contributed by atoms with Gasteiger partial charge >= 0.3 is 145 Å². The minimum atomic E-state index is -6.58. The van der Waals surface area contributed by atoms with Gasteiger partial charge in [-0.1, -0.05) is 70.9 Å². The Morgan fingerprint density at radius 2 is 0.279 bits per heavy atom. The molecule has 0 aliphatic rings. The number of amides is 12. The Morgan fingerprint density at radius 3 is 0.356 bits per heavy atom. The quantitative estimate of drug-likeness (QED) is 0.0624. The van der Waals surface area contributed by atoms with Gasteiger partial charge in [0.1, 0.15) is 0 Å². The SMILES string of the molecule is O=C(N(CCC[Si](CCCN(C(=O)C(F)(F)F)C(=O)C(F)(F)F)(CCCN(C(=O)C(F)(F)F)C(=O)C(F)(F)F)c1ccc([Si](CCCN(C(=O)C(F)(F)F)C(=O)C(F)(F)F)(CCCN(C(=O)C(F)(F)F)C(=O)C(F)(F)F)CCCN(C(=O)C(F)(F)F)C(=O)C(F)(F)F)cc1)C(=O)C(F)(F)F)C(F)(F)F. The first kappa shape index (κ1) is 94.0. The molecule has 0 saturated heterocycles. The molecule has 1 rings (SSSR count). The van der Waals surface area contributed by atoms with Crippen LogP contribution in [0.15, 0.2) is 24.3 Å². The van der Waals surface area contributed by atoms with Gasteiger partial charge in [0.2, 0.25) is 0 Å². The summed E-state index contributed by atoms with van der Waals surface area (Å²) < 4.78 is 494.